The van der Waals surface area contributed by atoms with Crippen LogP contribution in [0.5, 0.6) is 0 Å². The van der Waals surface area contributed by atoms with Crippen molar-refractivity contribution < 1.29 is 0 Å². The molecular weight excluding hydrogens is 1130 g/mol. The van der Waals surface area contributed by atoms with Gasteiger partial charge in [0, 0.05) is 48.0 Å². The summed E-state index contributed by atoms with van der Waals surface area (Å²) in [5.74, 6) is 0. The second-order valence-electron chi connectivity index (χ2n) is 25.4. The van der Waals surface area contributed by atoms with Crippen LogP contribution in [-0.4, -0.2) is 14.1 Å². The van der Waals surface area contributed by atoms with Crippen LogP contribution in [0.15, 0.2) is 352 Å². The first-order chi connectivity index (χ1) is 46.5. The molecule has 16 aromatic carbocycles. The molecule has 0 aromatic heterocycles. The summed E-state index contributed by atoms with van der Waals surface area (Å²) >= 11 is 0. The van der Waals surface area contributed by atoms with Crippen molar-refractivity contribution in [3.8, 4) is 55.6 Å². The molecule has 0 bridgehead atoms. The van der Waals surface area contributed by atoms with Crippen LogP contribution in [0.2, 0.25) is 0 Å². The molecule has 2 nitrogen and oxygen atoms in total. The van der Waals surface area contributed by atoms with Crippen LogP contribution in [0, 0.1) is 0 Å². The van der Waals surface area contributed by atoms with Crippen LogP contribution in [0.3, 0.4) is 0 Å². The Morgan fingerprint density at radius 2 is 0.457 bits per heavy atom. The first kappa shape index (κ1) is 55.0. The molecule has 0 saturated heterocycles. The summed E-state index contributed by atoms with van der Waals surface area (Å²) in [6, 6.07) is 133. The molecule has 0 spiro atoms. The molecule has 0 N–H and O–H groups in total. The Kier molecular flexibility index (Phi) is 12.8. The van der Waals surface area contributed by atoms with E-state index in [0.29, 0.717) is 0 Å². The van der Waals surface area contributed by atoms with E-state index in [4.69, 9.17) is 0 Å². The standard InChI is InChI=1S/C92H64N2/c1-93-83-55-23-21-53-81(83)91(63-35-13-5-14-36-63,64-37-15-6-16-38-64)89-75(51-29-57-85(89)93)69-45-27-49-73-79(69)60-80-70(76-52-30-58-86-90(76)92(65-39-17-7-18-40-65,66-41-19-8-20-42-66)82-54-22-24-56-84(82)94(86)2)46-28-50-74(80)88(73)87-71-47-25-43-67(61-31-9-3-10-32-61)77(71)59-78-68(44-26-48-72(78)87)62-33-11-4-12-34-62/h3-60H,1-2H3. The van der Waals surface area contributed by atoms with E-state index in [9.17, 15) is 0 Å². The Balaban J connectivity index is 1.04. The van der Waals surface area contributed by atoms with Gasteiger partial charge in [-0.2, -0.15) is 0 Å². The fourth-order valence-electron chi connectivity index (χ4n) is 16.9. The summed E-state index contributed by atoms with van der Waals surface area (Å²) in [5, 5.41) is 9.55. The molecule has 0 amide bonds. The lowest BCUT2D eigenvalue weighted by molar-refractivity contribution is 0.729. The van der Waals surface area contributed by atoms with Crippen LogP contribution >= 0.6 is 0 Å². The zero-order chi connectivity index (χ0) is 62.5. The zero-order valence-electron chi connectivity index (χ0n) is 52.4. The van der Waals surface area contributed by atoms with E-state index in [1.54, 1.807) is 0 Å². The highest BCUT2D eigenvalue weighted by atomic mass is 15.1. The predicted octanol–water partition coefficient (Wildman–Crippen LogP) is 23.6. The number of anilines is 4. The minimum atomic E-state index is -0.721. The highest BCUT2D eigenvalue weighted by molar-refractivity contribution is 6.28. The topological polar surface area (TPSA) is 6.48 Å². The van der Waals surface area contributed by atoms with Gasteiger partial charge in [-0.15, -0.1) is 0 Å². The number of benzene rings is 16. The molecule has 16 aromatic rings. The van der Waals surface area contributed by atoms with Crippen molar-refractivity contribution in [2.75, 3.05) is 23.9 Å². The van der Waals surface area contributed by atoms with Crippen molar-refractivity contribution in [2.24, 2.45) is 0 Å². The molecule has 2 aliphatic rings. The molecule has 442 valence electrons. The lowest BCUT2D eigenvalue weighted by atomic mass is 9.60. The quantitative estimate of drug-likeness (QED) is 0.133. The first-order valence-electron chi connectivity index (χ1n) is 32.8. The third kappa shape index (κ3) is 8.03. The van der Waals surface area contributed by atoms with Crippen LogP contribution in [0.25, 0.3) is 98.7 Å². The number of para-hydroxylation sites is 2. The number of rotatable bonds is 9. The molecular formula is C92H64N2. The molecule has 0 atom stereocenters. The summed E-state index contributed by atoms with van der Waals surface area (Å²) in [4.78, 5) is 4.86. The number of fused-ring (bicyclic) bond motifs is 8. The van der Waals surface area contributed by atoms with E-state index >= 15 is 0 Å². The van der Waals surface area contributed by atoms with Gasteiger partial charge in [-0.1, -0.05) is 315 Å². The Morgan fingerprint density at radius 3 is 0.798 bits per heavy atom. The second-order valence-corrected chi connectivity index (χ2v) is 25.4. The third-order valence-corrected chi connectivity index (χ3v) is 20.8. The molecule has 18 rings (SSSR count). The Labute approximate surface area is 549 Å². The summed E-state index contributed by atoms with van der Waals surface area (Å²) in [6.45, 7) is 0. The fourth-order valence-corrected chi connectivity index (χ4v) is 16.9. The summed E-state index contributed by atoms with van der Waals surface area (Å²) in [5.41, 5.74) is 25.0. The smallest absolute Gasteiger partial charge is 0.0748 e. The average molecular weight is 1200 g/mol. The van der Waals surface area contributed by atoms with Crippen molar-refractivity contribution in [3.05, 3.63) is 396 Å². The highest BCUT2D eigenvalue weighted by Crippen LogP contribution is 2.62. The van der Waals surface area contributed by atoms with Gasteiger partial charge in [-0.05, 0) is 169 Å². The van der Waals surface area contributed by atoms with Crippen molar-refractivity contribution in [1.82, 2.24) is 0 Å². The van der Waals surface area contributed by atoms with Gasteiger partial charge in [0.05, 0.1) is 10.8 Å². The molecule has 2 aliphatic heterocycles. The van der Waals surface area contributed by atoms with E-state index in [2.05, 4.69) is 376 Å². The predicted molar refractivity (Wildman–Crippen MR) is 396 cm³/mol. The molecule has 94 heavy (non-hydrogen) atoms. The van der Waals surface area contributed by atoms with Crippen LogP contribution in [0.4, 0.5) is 22.7 Å². The average Bonchev–Trinajstić information content (AvgIpc) is 0.699. The summed E-state index contributed by atoms with van der Waals surface area (Å²) < 4.78 is 0. The monoisotopic (exact) mass is 1200 g/mol. The van der Waals surface area contributed by atoms with E-state index in [0.717, 1.165) is 0 Å². The normalized spacial score (nSPS) is 13.6. The number of hydrogen-bond donors (Lipinski definition) is 0. The number of nitrogens with zero attached hydrogens (tertiary/aromatic N) is 2. The molecule has 0 aliphatic carbocycles. The highest BCUT2D eigenvalue weighted by Gasteiger charge is 2.49. The van der Waals surface area contributed by atoms with Gasteiger partial charge in [0.25, 0.3) is 0 Å². The molecule has 0 saturated carbocycles. The zero-order valence-corrected chi connectivity index (χ0v) is 52.4. The minimum absolute atomic E-state index is 0.721. The Bertz CT molecular complexity index is 5200. The van der Waals surface area contributed by atoms with Gasteiger partial charge in [0.2, 0.25) is 0 Å². The largest absolute Gasteiger partial charge is 0.344 e. The molecule has 2 heteroatoms. The van der Waals surface area contributed by atoms with Gasteiger partial charge in [-0.25, -0.2) is 0 Å². The van der Waals surface area contributed by atoms with Gasteiger partial charge >= 0.3 is 0 Å². The second kappa shape index (κ2) is 21.9. The lowest BCUT2D eigenvalue weighted by Crippen LogP contribution is -2.38. The minimum Gasteiger partial charge on any atom is -0.344 e. The van der Waals surface area contributed by atoms with Crippen LogP contribution in [-0.2, 0) is 10.8 Å². The lowest BCUT2D eigenvalue weighted by Gasteiger charge is -2.46. The van der Waals surface area contributed by atoms with E-state index < -0.39 is 10.8 Å². The van der Waals surface area contributed by atoms with E-state index in [-0.39, 0.29) is 0 Å². The maximum atomic E-state index is 2.58. The van der Waals surface area contributed by atoms with Gasteiger partial charge in [-0.3, -0.25) is 0 Å². The van der Waals surface area contributed by atoms with E-state index in [1.807, 2.05) is 0 Å². The van der Waals surface area contributed by atoms with E-state index in [1.165, 1.54) is 166 Å². The third-order valence-electron chi connectivity index (χ3n) is 20.8. The van der Waals surface area contributed by atoms with Crippen molar-refractivity contribution in [2.45, 2.75) is 10.8 Å². The Morgan fingerprint density at radius 1 is 0.202 bits per heavy atom. The Hall–Kier alpha value is -11.8. The first-order valence-corrected chi connectivity index (χ1v) is 32.8. The molecule has 2 heterocycles. The maximum absolute atomic E-state index is 2.58. The van der Waals surface area contributed by atoms with Crippen molar-refractivity contribution >= 4 is 65.8 Å². The van der Waals surface area contributed by atoms with Gasteiger partial charge < -0.3 is 9.80 Å². The van der Waals surface area contributed by atoms with Gasteiger partial charge in [0.15, 0.2) is 0 Å². The summed E-state index contributed by atoms with van der Waals surface area (Å²) in [7, 11) is 4.51. The molecule has 0 unspecified atom stereocenters. The van der Waals surface area contributed by atoms with Gasteiger partial charge in [0.1, 0.15) is 0 Å². The SMILES string of the molecule is CN1c2ccccc2C(c2ccccc2)(c2ccccc2)c2c(-c3cccc4c(-c5c6cccc(-c7ccccc7)c6cc6c(-c7ccccc7)cccc56)c5cccc(-c6cccc7c6C(c6ccccc6)(c6ccccc6)c6ccccc6N7C)c5cc34)cccc21. The van der Waals surface area contributed by atoms with Crippen LogP contribution < -0.4 is 9.80 Å². The number of hydrogen-bond acceptors (Lipinski definition) is 2. The summed E-state index contributed by atoms with van der Waals surface area (Å²) in [6.07, 6.45) is 0. The van der Waals surface area contributed by atoms with Crippen LogP contribution in [0.1, 0.15) is 44.5 Å². The van der Waals surface area contributed by atoms with Crippen molar-refractivity contribution in [1.29, 1.82) is 0 Å². The maximum Gasteiger partial charge on any atom is 0.0748 e. The molecule has 0 radical (unpaired) electrons. The molecule has 0 fully saturated rings. The van der Waals surface area contributed by atoms with Crippen molar-refractivity contribution in [3.63, 3.8) is 0 Å². The fraction of sp³-hybridized carbons (Fsp3) is 0.0435.